The zero-order chi connectivity index (χ0) is 17.8. The molecule has 0 aliphatic carbocycles. The third-order valence-corrected chi connectivity index (χ3v) is 4.83. The molecule has 25 heavy (non-hydrogen) atoms. The van der Waals surface area contributed by atoms with Gasteiger partial charge in [-0.25, -0.2) is 4.98 Å². The number of aromatic nitrogens is 4. The van der Waals surface area contributed by atoms with Gasteiger partial charge in [0.1, 0.15) is 11.3 Å². The highest BCUT2D eigenvalue weighted by Crippen LogP contribution is 2.33. The molecule has 1 aromatic carbocycles. The molecule has 5 heteroatoms. The maximum atomic E-state index is 10.1. The van der Waals surface area contributed by atoms with Crippen LogP contribution in [0.4, 0.5) is 0 Å². The molecule has 4 aromatic rings. The van der Waals surface area contributed by atoms with Gasteiger partial charge in [-0.2, -0.15) is 5.10 Å². The van der Waals surface area contributed by atoms with E-state index in [-0.39, 0.29) is 0 Å². The summed E-state index contributed by atoms with van der Waals surface area (Å²) in [4.78, 5) is 7.84. The smallest absolute Gasteiger partial charge is 0.139 e. The fourth-order valence-electron chi connectivity index (χ4n) is 3.43. The molecule has 0 radical (unpaired) electrons. The van der Waals surface area contributed by atoms with Gasteiger partial charge in [0, 0.05) is 35.8 Å². The highest BCUT2D eigenvalue weighted by atomic mass is 16.3. The predicted molar refractivity (Wildman–Crippen MR) is 100 cm³/mol. The maximum Gasteiger partial charge on any atom is 0.139 e. The van der Waals surface area contributed by atoms with E-state index in [1.165, 1.54) is 5.56 Å². The van der Waals surface area contributed by atoms with E-state index in [9.17, 15) is 5.11 Å². The molecule has 128 valence electrons. The Hall–Kier alpha value is -2.66. The van der Waals surface area contributed by atoms with E-state index in [0.717, 1.165) is 45.2 Å². The van der Waals surface area contributed by atoms with Crippen LogP contribution in [-0.2, 0) is 19.1 Å². The predicted octanol–water partition coefficient (Wildman–Crippen LogP) is 3.91. The van der Waals surface area contributed by atoms with Crippen molar-refractivity contribution in [3.8, 4) is 11.3 Å². The van der Waals surface area contributed by atoms with E-state index in [1.54, 1.807) is 13.8 Å². The number of nitrogens with one attached hydrogen (secondary N) is 1. The first-order valence-electron chi connectivity index (χ1n) is 8.55. The van der Waals surface area contributed by atoms with Crippen LogP contribution < -0.4 is 0 Å². The summed E-state index contributed by atoms with van der Waals surface area (Å²) < 4.78 is 1.94. The normalized spacial score (nSPS) is 12.4. The van der Waals surface area contributed by atoms with Crippen LogP contribution in [0.15, 0.2) is 36.7 Å². The number of hydrogen-bond donors (Lipinski definition) is 2. The summed E-state index contributed by atoms with van der Waals surface area (Å²) in [5, 5.41) is 17.1. The quantitative estimate of drug-likeness (QED) is 0.597. The molecule has 0 fully saturated rings. The Kier molecular flexibility index (Phi) is 3.44. The van der Waals surface area contributed by atoms with Gasteiger partial charge in [-0.1, -0.05) is 31.2 Å². The Labute approximate surface area is 146 Å². The van der Waals surface area contributed by atoms with Crippen molar-refractivity contribution in [2.24, 2.45) is 7.05 Å². The molecule has 0 spiro atoms. The van der Waals surface area contributed by atoms with Gasteiger partial charge < -0.3 is 10.1 Å². The lowest BCUT2D eigenvalue weighted by atomic mass is 9.96. The second-order valence-corrected chi connectivity index (χ2v) is 7.02. The first-order valence-corrected chi connectivity index (χ1v) is 8.55. The van der Waals surface area contributed by atoms with Gasteiger partial charge in [0.2, 0.25) is 0 Å². The average molecular weight is 334 g/mol. The van der Waals surface area contributed by atoms with Gasteiger partial charge >= 0.3 is 0 Å². The number of nitrogens with zero attached hydrogens (tertiary/aromatic N) is 3. The lowest BCUT2D eigenvalue weighted by molar-refractivity contribution is 0.0786. The molecule has 0 saturated carbocycles. The van der Waals surface area contributed by atoms with E-state index in [4.69, 9.17) is 5.10 Å². The molecule has 2 N–H and O–H groups in total. The monoisotopic (exact) mass is 334 g/mol. The Morgan fingerprint density at radius 3 is 2.56 bits per heavy atom. The number of H-pyrrole nitrogens is 1. The number of aryl methyl sites for hydroxylation is 2. The van der Waals surface area contributed by atoms with Crippen molar-refractivity contribution in [3.05, 3.63) is 47.8 Å². The lowest BCUT2D eigenvalue weighted by Gasteiger charge is -2.17. The highest BCUT2D eigenvalue weighted by molar-refractivity contribution is 6.08. The Morgan fingerprint density at radius 2 is 1.92 bits per heavy atom. The van der Waals surface area contributed by atoms with Crippen molar-refractivity contribution in [2.75, 3.05) is 0 Å². The number of hydrogen-bond acceptors (Lipinski definition) is 3. The third-order valence-electron chi connectivity index (χ3n) is 4.83. The number of benzene rings is 1. The van der Waals surface area contributed by atoms with Crippen molar-refractivity contribution in [2.45, 2.75) is 32.8 Å². The van der Waals surface area contributed by atoms with E-state index in [2.05, 4.69) is 16.9 Å². The fourth-order valence-corrected chi connectivity index (χ4v) is 3.43. The summed E-state index contributed by atoms with van der Waals surface area (Å²) in [6.07, 6.45) is 4.86. The fraction of sp³-hybridized carbons (Fsp3) is 0.300. The first-order chi connectivity index (χ1) is 11.9. The maximum absolute atomic E-state index is 10.1. The SMILES string of the molecule is CCc1c[nH]c2ncc3c(-c4ccc(C(C)(C)O)cc4)nn(C)c3c12. The van der Waals surface area contributed by atoms with Crippen LogP contribution in [0.25, 0.3) is 33.2 Å². The Balaban J connectivity index is 1.94. The molecular weight excluding hydrogens is 312 g/mol. The van der Waals surface area contributed by atoms with Crippen LogP contribution in [0.2, 0.25) is 0 Å². The molecule has 3 heterocycles. The summed E-state index contributed by atoms with van der Waals surface area (Å²) in [6.45, 7) is 5.72. The Bertz CT molecular complexity index is 1070. The zero-order valence-corrected chi connectivity index (χ0v) is 15.0. The van der Waals surface area contributed by atoms with Gasteiger partial charge in [0.15, 0.2) is 0 Å². The molecule has 0 bridgehead atoms. The van der Waals surface area contributed by atoms with Crippen LogP contribution >= 0.6 is 0 Å². The zero-order valence-electron chi connectivity index (χ0n) is 15.0. The molecule has 4 rings (SSSR count). The largest absolute Gasteiger partial charge is 0.386 e. The topological polar surface area (TPSA) is 66.7 Å². The Morgan fingerprint density at radius 1 is 1.20 bits per heavy atom. The first kappa shape index (κ1) is 15.8. The standard InChI is InChI=1S/C20H22N4O/c1-5-12-10-21-19-16(12)18-15(11-22-19)17(23-24(18)4)13-6-8-14(9-7-13)20(2,3)25/h6-11,25H,5H2,1-4H3,(H,21,22). The molecule has 0 amide bonds. The van der Waals surface area contributed by atoms with Crippen molar-refractivity contribution in [1.29, 1.82) is 0 Å². The van der Waals surface area contributed by atoms with Gasteiger partial charge in [-0.15, -0.1) is 0 Å². The highest BCUT2D eigenvalue weighted by Gasteiger charge is 2.19. The van der Waals surface area contributed by atoms with Crippen molar-refractivity contribution < 1.29 is 5.11 Å². The molecule has 0 aliphatic rings. The number of aliphatic hydroxyl groups is 1. The molecule has 0 aliphatic heterocycles. The van der Waals surface area contributed by atoms with Crippen LogP contribution in [0.1, 0.15) is 31.9 Å². The number of aromatic amines is 1. The van der Waals surface area contributed by atoms with Crippen LogP contribution in [0, 0.1) is 0 Å². The minimum atomic E-state index is -0.848. The van der Waals surface area contributed by atoms with E-state index in [0.29, 0.717) is 0 Å². The number of rotatable bonds is 3. The molecule has 5 nitrogen and oxygen atoms in total. The average Bonchev–Trinajstić information content (AvgIpc) is 3.15. The number of fused-ring (bicyclic) bond motifs is 3. The van der Waals surface area contributed by atoms with Crippen molar-refractivity contribution in [1.82, 2.24) is 19.7 Å². The number of pyridine rings is 1. The van der Waals surface area contributed by atoms with Crippen molar-refractivity contribution >= 4 is 21.9 Å². The second kappa shape index (κ2) is 5.43. The minimum absolute atomic E-state index is 0.848. The third kappa shape index (κ3) is 2.43. The molecule has 3 aromatic heterocycles. The van der Waals surface area contributed by atoms with E-state index in [1.807, 2.05) is 48.4 Å². The lowest BCUT2D eigenvalue weighted by Crippen LogP contribution is -2.14. The van der Waals surface area contributed by atoms with Gasteiger partial charge in [-0.05, 0) is 31.4 Å². The van der Waals surface area contributed by atoms with Crippen LogP contribution in [0.5, 0.6) is 0 Å². The van der Waals surface area contributed by atoms with Crippen LogP contribution in [-0.4, -0.2) is 24.9 Å². The molecule has 0 saturated heterocycles. The van der Waals surface area contributed by atoms with Gasteiger partial charge in [0.25, 0.3) is 0 Å². The van der Waals surface area contributed by atoms with Gasteiger partial charge in [-0.3, -0.25) is 4.68 Å². The van der Waals surface area contributed by atoms with Crippen LogP contribution in [0.3, 0.4) is 0 Å². The summed E-state index contributed by atoms with van der Waals surface area (Å²) in [5.74, 6) is 0. The summed E-state index contributed by atoms with van der Waals surface area (Å²) in [7, 11) is 1.98. The summed E-state index contributed by atoms with van der Waals surface area (Å²) >= 11 is 0. The minimum Gasteiger partial charge on any atom is -0.386 e. The second-order valence-electron chi connectivity index (χ2n) is 7.02. The molecular formula is C20H22N4O. The summed E-state index contributed by atoms with van der Waals surface area (Å²) in [6, 6.07) is 7.93. The van der Waals surface area contributed by atoms with Gasteiger partial charge in [0.05, 0.1) is 11.1 Å². The molecule has 0 unspecified atom stereocenters. The van der Waals surface area contributed by atoms with E-state index < -0.39 is 5.60 Å². The van der Waals surface area contributed by atoms with Crippen molar-refractivity contribution in [3.63, 3.8) is 0 Å². The summed E-state index contributed by atoms with van der Waals surface area (Å²) in [5.41, 5.74) is 5.22. The molecule has 0 atom stereocenters. The van der Waals surface area contributed by atoms with E-state index >= 15 is 0 Å².